The van der Waals surface area contributed by atoms with Crippen molar-refractivity contribution in [2.45, 2.75) is 47.0 Å². The van der Waals surface area contributed by atoms with E-state index in [-0.39, 0.29) is 0 Å². The molecule has 5 unspecified atom stereocenters. The summed E-state index contributed by atoms with van der Waals surface area (Å²) in [5.74, 6) is 5.66. The van der Waals surface area contributed by atoms with Crippen LogP contribution in [0.3, 0.4) is 0 Å². The topological polar surface area (TPSA) is 0 Å². The number of fused-ring (bicyclic) bond motifs is 1. The second-order valence-electron chi connectivity index (χ2n) is 6.19. The molecule has 0 saturated heterocycles. The van der Waals surface area contributed by atoms with Crippen LogP contribution in [0.4, 0.5) is 0 Å². The zero-order chi connectivity index (χ0) is 11.0. The molecule has 0 aromatic heterocycles. The van der Waals surface area contributed by atoms with Gasteiger partial charge in [0.2, 0.25) is 0 Å². The lowest BCUT2D eigenvalue weighted by Crippen LogP contribution is -2.39. The van der Waals surface area contributed by atoms with E-state index in [2.05, 4.69) is 39.8 Å². The number of rotatable bonds is 4. The van der Waals surface area contributed by atoms with Gasteiger partial charge in [-0.1, -0.05) is 46.3 Å². The lowest BCUT2D eigenvalue weighted by atomic mass is 9.59. The van der Waals surface area contributed by atoms with E-state index in [0.29, 0.717) is 0 Å². The van der Waals surface area contributed by atoms with Crippen LogP contribution in [0, 0.1) is 35.5 Å². The summed E-state index contributed by atoms with van der Waals surface area (Å²) in [5, 5.41) is 0. The lowest BCUT2D eigenvalue weighted by molar-refractivity contribution is 0.0477. The van der Waals surface area contributed by atoms with E-state index in [4.69, 9.17) is 0 Å². The van der Waals surface area contributed by atoms with Gasteiger partial charge >= 0.3 is 0 Å². The van der Waals surface area contributed by atoms with Crippen LogP contribution in [0.2, 0.25) is 0 Å². The van der Waals surface area contributed by atoms with Crippen molar-refractivity contribution in [3.8, 4) is 0 Å². The average Bonchev–Trinajstić information content (AvgIpc) is 2.51. The molecule has 15 heavy (non-hydrogen) atoms. The third-order valence-corrected chi connectivity index (χ3v) is 4.81. The molecule has 2 aliphatic carbocycles. The molecule has 0 aliphatic heterocycles. The van der Waals surface area contributed by atoms with E-state index in [9.17, 15) is 0 Å². The predicted molar refractivity (Wildman–Crippen MR) is 66.6 cm³/mol. The summed E-state index contributed by atoms with van der Waals surface area (Å²) < 4.78 is 0. The minimum Gasteiger partial charge on any atom is -0.0848 e. The van der Waals surface area contributed by atoms with Crippen molar-refractivity contribution in [3.63, 3.8) is 0 Å². The van der Waals surface area contributed by atoms with E-state index in [0.717, 1.165) is 35.5 Å². The van der Waals surface area contributed by atoms with Crippen LogP contribution in [0.25, 0.3) is 0 Å². The third-order valence-electron chi connectivity index (χ3n) is 4.81. The first-order valence-corrected chi connectivity index (χ1v) is 6.81. The summed E-state index contributed by atoms with van der Waals surface area (Å²) >= 11 is 0. The Morgan fingerprint density at radius 2 is 1.93 bits per heavy atom. The minimum absolute atomic E-state index is 0.844. The summed E-state index contributed by atoms with van der Waals surface area (Å²) in [4.78, 5) is 0. The van der Waals surface area contributed by atoms with Gasteiger partial charge in [-0.15, -0.1) is 0 Å². The molecule has 2 aliphatic rings. The van der Waals surface area contributed by atoms with Gasteiger partial charge in [-0.2, -0.15) is 0 Å². The van der Waals surface area contributed by atoms with Crippen LogP contribution in [-0.4, -0.2) is 0 Å². The Morgan fingerprint density at radius 1 is 1.20 bits per heavy atom. The highest BCUT2D eigenvalue weighted by molar-refractivity contribution is 5.14. The molecule has 0 heterocycles. The van der Waals surface area contributed by atoms with Crippen molar-refractivity contribution in [2.24, 2.45) is 35.5 Å². The first kappa shape index (κ1) is 11.2. The molecule has 0 spiro atoms. The van der Waals surface area contributed by atoms with E-state index in [1.54, 1.807) is 0 Å². The molecular formula is C15H26. The SMILES string of the molecule is CCC(C)CC1CC2C=CC(C(C)C)C21. The van der Waals surface area contributed by atoms with Crippen molar-refractivity contribution < 1.29 is 0 Å². The van der Waals surface area contributed by atoms with Gasteiger partial charge in [-0.25, -0.2) is 0 Å². The molecule has 0 bridgehead atoms. The standard InChI is InChI=1S/C15H26/c1-5-11(4)8-13-9-12-6-7-14(10(2)3)15(12)13/h6-7,10-15H,5,8-9H2,1-4H3. The Bertz CT molecular complexity index is 238. The van der Waals surface area contributed by atoms with Crippen LogP contribution >= 0.6 is 0 Å². The molecule has 5 atom stereocenters. The summed E-state index contributed by atoms with van der Waals surface area (Å²) in [6, 6.07) is 0. The maximum absolute atomic E-state index is 2.51. The molecule has 0 amide bonds. The molecule has 1 saturated carbocycles. The van der Waals surface area contributed by atoms with Gasteiger partial charge in [0.15, 0.2) is 0 Å². The Kier molecular flexibility index (Phi) is 3.23. The largest absolute Gasteiger partial charge is 0.0848 e. The first-order valence-electron chi connectivity index (χ1n) is 6.81. The second kappa shape index (κ2) is 4.31. The monoisotopic (exact) mass is 206 g/mol. The normalized spacial score (nSPS) is 40.3. The van der Waals surface area contributed by atoms with Crippen molar-refractivity contribution >= 4 is 0 Å². The van der Waals surface area contributed by atoms with Crippen LogP contribution in [0.5, 0.6) is 0 Å². The zero-order valence-corrected chi connectivity index (χ0v) is 10.7. The summed E-state index contributed by atoms with van der Waals surface area (Å²) in [5.41, 5.74) is 0. The quantitative estimate of drug-likeness (QED) is 0.593. The molecule has 86 valence electrons. The Morgan fingerprint density at radius 3 is 2.53 bits per heavy atom. The highest BCUT2D eigenvalue weighted by Crippen LogP contribution is 2.54. The molecule has 0 aromatic rings. The van der Waals surface area contributed by atoms with Gasteiger partial charge < -0.3 is 0 Å². The van der Waals surface area contributed by atoms with Gasteiger partial charge in [-0.3, -0.25) is 0 Å². The second-order valence-corrected chi connectivity index (χ2v) is 6.19. The highest BCUT2D eigenvalue weighted by atomic mass is 14.5. The highest BCUT2D eigenvalue weighted by Gasteiger charge is 2.46. The van der Waals surface area contributed by atoms with E-state index >= 15 is 0 Å². The first-order chi connectivity index (χ1) is 7.13. The maximum atomic E-state index is 2.51. The fraction of sp³-hybridized carbons (Fsp3) is 0.867. The van der Waals surface area contributed by atoms with E-state index < -0.39 is 0 Å². The summed E-state index contributed by atoms with van der Waals surface area (Å²) in [6.45, 7) is 9.51. The molecule has 0 nitrogen and oxygen atoms in total. The van der Waals surface area contributed by atoms with Crippen LogP contribution in [-0.2, 0) is 0 Å². The van der Waals surface area contributed by atoms with Crippen molar-refractivity contribution in [3.05, 3.63) is 12.2 Å². The van der Waals surface area contributed by atoms with Gasteiger partial charge in [0.1, 0.15) is 0 Å². The fourth-order valence-corrected chi connectivity index (χ4v) is 3.63. The maximum Gasteiger partial charge on any atom is -0.0174 e. The van der Waals surface area contributed by atoms with E-state index in [1.165, 1.54) is 19.3 Å². The minimum atomic E-state index is 0.844. The lowest BCUT2D eigenvalue weighted by Gasteiger charge is -2.46. The number of hydrogen-bond acceptors (Lipinski definition) is 0. The molecule has 1 fully saturated rings. The Labute approximate surface area is 95.1 Å². The average molecular weight is 206 g/mol. The van der Waals surface area contributed by atoms with Crippen molar-refractivity contribution in [2.75, 3.05) is 0 Å². The van der Waals surface area contributed by atoms with Crippen LogP contribution < -0.4 is 0 Å². The smallest absolute Gasteiger partial charge is 0.0174 e. The molecule has 2 rings (SSSR count). The van der Waals surface area contributed by atoms with Crippen molar-refractivity contribution in [1.29, 1.82) is 0 Å². The zero-order valence-electron chi connectivity index (χ0n) is 10.7. The van der Waals surface area contributed by atoms with E-state index in [1.807, 2.05) is 0 Å². The summed E-state index contributed by atoms with van der Waals surface area (Å²) in [6.07, 6.45) is 9.32. The summed E-state index contributed by atoms with van der Waals surface area (Å²) in [7, 11) is 0. The third kappa shape index (κ3) is 2.00. The molecule has 0 aromatic carbocycles. The van der Waals surface area contributed by atoms with Gasteiger partial charge in [-0.05, 0) is 48.3 Å². The Hall–Kier alpha value is -0.260. The predicted octanol–water partition coefficient (Wildman–Crippen LogP) is 4.52. The molecule has 0 heteroatoms. The molecular weight excluding hydrogens is 180 g/mol. The van der Waals surface area contributed by atoms with Crippen molar-refractivity contribution in [1.82, 2.24) is 0 Å². The van der Waals surface area contributed by atoms with Crippen LogP contribution in [0.15, 0.2) is 12.2 Å². The number of allylic oxidation sites excluding steroid dienone is 2. The van der Waals surface area contributed by atoms with Gasteiger partial charge in [0.25, 0.3) is 0 Å². The van der Waals surface area contributed by atoms with Gasteiger partial charge in [0.05, 0.1) is 0 Å². The van der Waals surface area contributed by atoms with Gasteiger partial charge in [0, 0.05) is 0 Å². The molecule has 0 radical (unpaired) electrons. The number of hydrogen-bond donors (Lipinski definition) is 0. The fourth-order valence-electron chi connectivity index (χ4n) is 3.63. The molecule has 0 N–H and O–H groups in total. The van der Waals surface area contributed by atoms with Crippen LogP contribution in [0.1, 0.15) is 47.0 Å². The Balaban J connectivity index is 1.91.